The molecule has 118 valence electrons. The van der Waals surface area contributed by atoms with Gasteiger partial charge in [0.2, 0.25) is 0 Å². The molecule has 0 saturated carbocycles. The normalized spacial score (nSPS) is 23.4. The van der Waals surface area contributed by atoms with Gasteiger partial charge >= 0.3 is 0 Å². The van der Waals surface area contributed by atoms with Crippen molar-refractivity contribution < 1.29 is 0 Å². The second-order valence-corrected chi connectivity index (χ2v) is 7.37. The molecule has 1 aliphatic rings. The van der Waals surface area contributed by atoms with Crippen molar-refractivity contribution in [1.29, 1.82) is 0 Å². The summed E-state index contributed by atoms with van der Waals surface area (Å²) in [5.41, 5.74) is 0. The predicted octanol–water partition coefficient (Wildman–Crippen LogP) is 2.17. The number of thioether (sulfide) groups is 1. The van der Waals surface area contributed by atoms with Crippen LogP contribution in [0.5, 0.6) is 0 Å². The fourth-order valence-corrected chi connectivity index (χ4v) is 3.79. The number of hydrogen-bond acceptors (Lipinski definition) is 3. The van der Waals surface area contributed by atoms with Gasteiger partial charge < -0.3 is 15.5 Å². The zero-order chi connectivity index (χ0) is 14.8. The summed E-state index contributed by atoms with van der Waals surface area (Å²) in [6.07, 6.45) is 3.87. The van der Waals surface area contributed by atoms with E-state index in [9.17, 15) is 0 Å². The highest BCUT2D eigenvalue weighted by Gasteiger charge is 2.29. The Hall–Kier alpha value is -0.420. The average Bonchev–Trinajstić information content (AvgIpc) is 2.88. The molecular formula is C15H32N4S. The lowest BCUT2D eigenvalue weighted by Crippen LogP contribution is -2.45. The zero-order valence-corrected chi connectivity index (χ0v) is 14.5. The predicted molar refractivity (Wildman–Crippen MR) is 91.9 cm³/mol. The van der Waals surface area contributed by atoms with E-state index >= 15 is 0 Å². The SMILES string of the molecule is CCCN(CC)CCNC(=NC)NCC1(C)CCCS1. The van der Waals surface area contributed by atoms with Crippen LogP contribution < -0.4 is 10.6 Å². The molecule has 4 nitrogen and oxygen atoms in total. The van der Waals surface area contributed by atoms with E-state index in [-0.39, 0.29) is 0 Å². The van der Waals surface area contributed by atoms with Gasteiger partial charge in [0.25, 0.3) is 0 Å². The highest BCUT2D eigenvalue weighted by molar-refractivity contribution is 8.00. The van der Waals surface area contributed by atoms with E-state index in [1.807, 2.05) is 7.05 Å². The number of rotatable bonds is 8. The molecule has 1 rings (SSSR count). The van der Waals surface area contributed by atoms with Crippen molar-refractivity contribution in [2.24, 2.45) is 4.99 Å². The quantitative estimate of drug-likeness (QED) is 0.532. The molecule has 1 saturated heterocycles. The summed E-state index contributed by atoms with van der Waals surface area (Å²) in [7, 11) is 1.85. The third kappa shape index (κ3) is 6.35. The van der Waals surface area contributed by atoms with Crippen LogP contribution in [0, 0.1) is 0 Å². The maximum absolute atomic E-state index is 4.32. The van der Waals surface area contributed by atoms with Crippen LogP contribution in [0.15, 0.2) is 4.99 Å². The van der Waals surface area contributed by atoms with Gasteiger partial charge in [-0.3, -0.25) is 4.99 Å². The maximum atomic E-state index is 4.32. The standard InChI is InChI=1S/C15H32N4S/c1-5-10-19(6-2)11-9-17-14(16-4)18-13-15(3)8-7-12-20-15/h5-13H2,1-4H3,(H2,16,17,18). The van der Waals surface area contributed by atoms with E-state index in [0.717, 1.165) is 32.1 Å². The molecule has 1 aliphatic heterocycles. The highest BCUT2D eigenvalue weighted by atomic mass is 32.2. The van der Waals surface area contributed by atoms with E-state index in [1.54, 1.807) is 0 Å². The van der Waals surface area contributed by atoms with Crippen molar-refractivity contribution >= 4 is 17.7 Å². The largest absolute Gasteiger partial charge is 0.355 e. The van der Waals surface area contributed by atoms with E-state index in [4.69, 9.17) is 0 Å². The van der Waals surface area contributed by atoms with Crippen LogP contribution in [-0.4, -0.2) is 61.1 Å². The Morgan fingerprint density at radius 3 is 2.65 bits per heavy atom. The molecule has 0 aromatic rings. The van der Waals surface area contributed by atoms with Gasteiger partial charge in [-0.15, -0.1) is 0 Å². The molecule has 1 atom stereocenters. The van der Waals surface area contributed by atoms with Gasteiger partial charge in [0.05, 0.1) is 0 Å². The van der Waals surface area contributed by atoms with Crippen molar-refractivity contribution in [2.45, 2.75) is 44.8 Å². The van der Waals surface area contributed by atoms with Crippen molar-refractivity contribution in [3.8, 4) is 0 Å². The first-order chi connectivity index (χ1) is 9.63. The van der Waals surface area contributed by atoms with Gasteiger partial charge in [-0.25, -0.2) is 0 Å². The molecule has 20 heavy (non-hydrogen) atoms. The number of nitrogens with one attached hydrogen (secondary N) is 2. The van der Waals surface area contributed by atoms with Crippen LogP contribution in [-0.2, 0) is 0 Å². The van der Waals surface area contributed by atoms with Gasteiger partial charge in [-0.1, -0.05) is 13.8 Å². The molecule has 1 heterocycles. The van der Waals surface area contributed by atoms with E-state index in [0.29, 0.717) is 4.75 Å². The fourth-order valence-electron chi connectivity index (χ4n) is 2.54. The molecule has 0 bridgehead atoms. The van der Waals surface area contributed by atoms with Crippen molar-refractivity contribution in [3.63, 3.8) is 0 Å². The summed E-state index contributed by atoms with van der Waals surface area (Å²) in [6, 6.07) is 0. The molecule has 0 amide bonds. The minimum absolute atomic E-state index is 0.384. The Morgan fingerprint density at radius 1 is 1.30 bits per heavy atom. The van der Waals surface area contributed by atoms with Gasteiger partial charge in [0.15, 0.2) is 5.96 Å². The minimum Gasteiger partial charge on any atom is -0.355 e. The highest BCUT2D eigenvalue weighted by Crippen LogP contribution is 2.36. The second kappa shape index (κ2) is 9.50. The minimum atomic E-state index is 0.384. The van der Waals surface area contributed by atoms with Crippen LogP contribution in [0.4, 0.5) is 0 Å². The third-order valence-electron chi connectivity index (χ3n) is 3.86. The summed E-state index contributed by atoms with van der Waals surface area (Å²) in [5.74, 6) is 2.23. The number of guanidine groups is 1. The first-order valence-corrected chi connectivity index (χ1v) is 8.93. The van der Waals surface area contributed by atoms with E-state index < -0.39 is 0 Å². The number of hydrogen-bond donors (Lipinski definition) is 2. The summed E-state index contributed by atoms with van der Waals surface area (Å²) in [4.78, 5) is 6.78. The molecule has 5 heteroatoms. The van der Waals surface area contributed by atoms with Crippen molar-refractivity contribution in [1.82, 2.24) is 15.5 Å². The Bertz CT molecular complexity index is 288. The van der Waals surface area contributed by atoms with Crippen LogP contribution in [0.3, 0.4) is 0 Å². The molecule has 0 aliphatic carbocycles. The monoisotopic (exact) mass is 300 g/mol. The van der Waals surface area contributed by atoms with Crippen LogP contribution in [0.1, 0.15) is 40.0 Å². The molecule has 1 unspecified atom stereocenters. The number of likely N-dealkylation sites (N-methyl/N-ethyl adjacent to an activating group) is 1. The smallest absolute Gasteiger partial charge is 0.191 e. The van der Waals surface area contributed by atoms with Crippen molar-refractivity contribution in [3.05, 3.63) is 0 Å². The van der Waals surface area contributed by atoms with E-state index in [1.165, 1.54) is 31.6 Å². The van der Waals surface area contributed by atoms with Gasteiger partial charge in [0, 0.05) is 31.4 Å². The zero-order valence-electron chi connectivity index (χ0n) is 13.7. The summed E-state index contributed by atoms with van der Waals surface area (Å²) >= 11 is 2.08. The Morgan fingerprint density at radius 2 is 2.10 bits per heavy atom. The van der Waals surface area contributed by atoms with Gasteiger partial charge in [-0.05, 0) is 45.0 Å². The van der Waals surface area contributed by atoms with Gasteiger partial charge in [-0.2, -0.15) is 11.8 Å². The lowest BCUT2D eigenvalue weighted by atomic mass is 10.1. The Balaban J connectivity index is 2.22. The molecule has 1 fully saturated rings. The Kier molecular flexibility index (Phi) is 8.38. The summed E-state index contributed by atoms with van der Waals surface area (Å²) in [6.45, 7) is 12.1. The molecular weight excluding hydrogens is 268 g/mol. The molecule has 0 radical (unpaired) electrons. The van der Waals surface area contributed by atoms with E-state index in [2.05, 4.69) is 53.1 Å². The Labute approximate surface area is 129 Å². The first kappa shape index (κ1) is 17.6. The molecule has 2 N–H and O–H groups in total. The molecule has 0 aromatic heterocycles. The van der Waals surface area contributed by atoms with Crippen molar-refractivity contribution in [2.75, 3.05) is 45.5 Å². The summed E-state index contributed by atoms with van der Waals surface area (Å²) in [5, 5.41) is 6.90. The lowest BCUT2D eigenvalue weighted by Gasteiger charge is -2.25. The average molecular weight is 301 g/mol. The second-order valence-electron chi connectivity index (χ2n) is 5.69. The third-order valence-corrected chi connectivity index (χ3v) is 5.40. The lowest BCUT2D eigenvalue weighted by molar-refractivity contribution is 0.293. The van der Waals surface area contributed by atoms with Crippen LogP contribution in [0.25, 0.3) is 0 Å². The topological polar surface area (TPSA) is 39.7 Å². The first-order valence-electron chi connectivity index (χ1n) is 7.94. The number of aliphatic imine (C=N–C) groups is 1. The summed E-state index contributed by atoms with van der Waals surface area (Å²) < 4.78 is 0.384. The fraction of sp³-hybridized carbons (Fsp3) is 0.933. The number of nitrogens with zero attached hydrogens (tertiary/aromatic N) is 2. The molecule has 0 aromatic carbocycles. The van der Waals surface area contributed by atoms with Gasteiger partial charge in [0.1, 0.15) is 0 Å². The maximum Gasteiger partial charge on any atom is 0.191 e. The molecule has 0 spiro atoms. The van der Waals surface area contributed by atoms with Crippen LogP contribution >= 0.6 is 11.8 Å². The van der Waals surface area contributed by atoms with Crippen LogP contribution in [0.2, 0.25) is 0 Å².